The Balaban J connectivity index is 1.06. The Kier molecular flexibility index (Phi) is 7.53. The zero-order valence-corrected chi connectivity index (χ0v) is 21.9. The highest BCUT2D eigenvalue weighted by Gasteiger charge is 2.47. The molecule has 2 unspecified atom stereocenters. The van der Waals surface area contributed by atoms with Gasteiger partial charge in [-0.15, -0.1) is 0 Å². The van der Waals surface area contributed by atoms with Gasteiger partial charge in [0.05, 0.1) is 18.5 Å². The number of hydrogen-bond donors (Lipinski definition) is 1. The van der Waals surface area contributed by atoms with Crippen molar-refractivity contribution in [3.05, 3.63) is 53.7 Å². The van der Waals surface area contributed by atoms with Crippen LogP contribution in [0, 0.1) is 24.2 Å². The minimum atomic E-state index is -0.202. The Morgan fingerprint density at radius 2 is 1.95 bits per heavy atom. The molecule has 2 aromatic rings. The number of aromatic nitrogens is 1. The molecule has 0 bridgehead atoms. The van der Waals surface area contributed by atoms with Gasteiger partial charge in [0.2, 0.25) is 5.88 Å². The number of likely N-dealkylation sites (tertiary alicyclic amines) is 1. The monoisotopic (exact) mass is 506 g/mol. The number of benzene rings is 1. The van der Waals surface area contributed by atoms with Crippen molar-refractivity contribution in [2.24, 2.45) is 17.3 Å². The molecular formula is C29H38N4O4. The van der Waals surface area contributed by atoms with Gasteiger partial charge in [-0.25, -0.2) is 14.6 Å². The molecule has 3 heterocycles. The fraction of sp³-hybridized carbons (Fsp3) is 0.552. The standard InChI is InChI=1S/C29H38N4O4/c1-21-18-24(33-16-13-30-27(33)34)19-31-26(21)36-17-12-29(2)11-8-25(29)23-9-14-32(15-10-23)28(35)37-20-22-6-4-3-5-7-22/h3-7,18-19,23,25H,8-17,20H2,1-2H3,(H,30,34). The minimum Gasteiger partial charge on any atom is -0.477 e. The summed E-state index contributed by atoms with van der Waals surface area (Å²) in [5.74, 6) is 1.96. The van der Waals surface area contributed by atoms with Crippen molar-refractivity contribution in [3.63, 3.8) is 0 Å². The van der Waals surface area contributed by atoms with E-state index in [0.717, 1.165) is 49.2 Å². The summed E-state index contributed by atoms with van der Waals surface area (Å²) in [5, 5.41) is 2.82. The van der Waals surface area contributed by atoms with Gasteiger partial charge >= 0.3 is 12.1 Å². The minimum absolute atomic E-state index is 0.0753. The number of carbonyl (C=O) groups excluding carboxylic acids is 2. The number of nitrogens with zero attached hydrogens (tertiary/aromatic N) is 3. The number of pyridine rings is 1. The first-order valence-corrected chi connectivity index (χ1v) is 13.5. The van der Waals surface area contributed by atoms with Crippen LogP contribution in [0.1, 0.15) is 50.2 Å². The second-order valence-corrected chi connectivity index (χ2v) is 11.0. The quantitative estimate of drug-likeness (QED) is 0.535. The summed E-state index contributed by atoms with van der Waals surface area (Å²) in [5.41, 5.74) is 3.03. The zero-order chi connectivity index (χ0) is 25.8. The van der Waals surface area contributed by atoms with E-state index in [-0.39, 0.29) is 17.5 Å². The largest absolute Gasteiger partial charge is 0.477 e. The summed E-state index contributed by atoms with van der Waals surface area (Å²) in [6, 6.07) is 11.7. The number of anilines is 1. The van der Waals surface area contributed by atoms with Crippen molar-refractivity contribution in [2.45, 2.75) is 52.6 Å². The van der Waals surface area contributed by atoms with Crippen LogP contribution in [0.15, 0.2) is 42.6 Å². The lowest BCUT2D eigenvalue weighted by Crippen LogP contribution is -2.48. The molecule has 3 aliphatic rings. The van der Waals surface area contributed by atoms with Gasteiger partial charge in [-0.05, 0) is 67.9 Å². The molecule has 8 heteroatoms. The molecule has 5 rings (SSSR count). The number of amides is 3. The third-order valence-electron chi connectivity index (χ3n) is 8.59. The maximum Gasteiger partial charge on any atom is 0.410 e. The number of rotatable bonds is 8. The molecule has 1 aromatic carbocycles. The van der Waals surface area contributed by atoms with Gasteiger partial charge in [0.25, 0.3) is 0 Å². The second kappa shape index (κ2) is 11.0. The van der Waals surface area contributed by atoms with Crippen LogP contribution >= 0.6 is 0 Å². The van der Waals surface area contributed by atoms with Gasteiger partial charge in [0.1, 0.15) is 6.61 Å². The van der Waals surface area contributed by atoms with Gasteiger partial charge in [0, 0.05) is 31.7 Å². The molecule has 1 saturated carbocycles. The van der Waals surface area contributed by atoms with E-state index in [1.165, 1.54) is 12.8 Å². The molecule has 3 fully saturated rings. The van der Waals surface area contributed by atoms with Gasteiger partial charge in [-0.1, -0.05) is 37.3 Å². The average Bonchev–Trinajstić information content (AvgIpc) is 3.34. The number of piperidine rings is 1. The third kappa shape index (κ3) is 5.68. The molecule has 37 heavy (non-hydrogen) atoms. The first kappa shape index (κ1) is 25.4. The number of urea groups is 1. The molecule has 2 saturated heterocycles. The number of carbonyl (C=O) groups is 2. The topological polar surface area (TPSA) is 84.0 Å². The lowest BCUT2D eigenvalue weighted by molar-refractivity contribution is -0.0346. The molecule has 8 nitrogen and oxygen atoms in total. The van der Waals surface area contributed by atoms with E-state index in [1.807, 2.05) is 48.2 Å². The molecule has 0 spiro atoms. The number of nitrogens with one attached hydrogen (secondary N) is 1. The van der Waals surface area contributed by atoms with Crippen molar-refractivity contribution in [1.82, 2.24) is 15.2 Å². The van der Waals surface area contributed by atoms with Crippen molar-refractivity contribution < 1.29 is 19.1 Å². The highest BCUT2D eigenvalue weighted by atomic mass is 16.6. The van der Waals surface area contributed by atoms with Gasteiger partial charge in [-0.3, -0.25) is 4.90 Å². The van der Waals surface area contributed by atoms with E-state index < -0.39 is 0 Å². The average molecular weight is 507 g/mol. The summed E-state index contributed by atoms with van der Waals surface area (Å²) in [6.45, 7) is 8.19. The SMILES string of the molecule is Cc1cc(N2CCNC2=O)cnc1OCCC1(C)CCC1C1CCN(C(=O)OCc2ccccc2)CC1. The molecule has 198 valence electrons. The Morgan fingerprint density at radius 3 is 2.59 bits per heavy atom. The highest BCUT2D eigenvalue weighted by molar-refractivity contribution is 5.93. The van der Waals surface area contributed by atoms with Crippen molar-refractivity contribution >= 4 is 17.8 Å². The maximum absolute atomic E-state index is 12.5. The number of ether oxygens (including phenoxy) is 2. The fourth-order valence-corrected chi connectivity index (χ4v) is 6.16. The van der Waals surface area contributed by atoms with Crippen molar-refractivity contribution in [1.29, 1.82) is 0 Å². The summed E-state index contributed by atoms with van der Waals surface area (Å²) in [7, 11) is 0. The Hall–Kier alpha value is -3.29. The molecule has 2 atom stereocenters. The van der Waals surface area contributed by atoms with Gasteiger partial charge in [0.15, 0.2) is 0 Å². The summed E-state index contributed by atoms with van der Waals surface area (Å²) in [4.78, 5) is 32.5. The van der Waals surface area contributed by atoms with Gasteiger partial charge in [-0.2, -0.15) is 0 Å². The Bertz CT molecular complexity index is 1100. The lowest BCUT2D eigenvalue weighted by Gasteiger charge is -2.52. The molecule has 1 N–H and O–H groups in total. The highest BCUT2D eigenvalue weighted by Crippen LogP contribution is 2.54. The van der Waals surface area contributed by atoms with Crippen LogP contribution in [-0.4, -0.2) is 54.8 Å². The maximum atomic E-state index is 12.5. The predicted octanol–water partition coefficient (Wildman–Crippen LogP) is 5.15. The van der Waals surface area contributed by atoms with Crippen molar-refractivity contribution in [2.75, 3.05) is 37.7 Å². The first-order valence-electron chi connectivity index (χ1n) is 13.5. The molecule has 2 aliphatic heterocycles. The summed E-state index contributed by atoms with van der Waals surface area (Å²) in [6.07, 6.45) is 7.06. The van der Waals surface area contributed by atoms with E-state index in [2.05, 4.69) is 17.2 Å². The predicted molar refractivity (Wildman–Crippen MR) is 142 cm³/mol. The number of aryl methyl sites for hydroxylation is 1. The van der Waals surface area contributed by atoms with E-state index in [1.54, 1.807) is 11.1 Å². The van der Waals surface area contributed by atoms with E-state index >= 15 is 0 Å². The lowest BCUT2D eigenvalue weighted by atomic mass is 9.54. The second-order valence-electron chi connectivity index (χ2n) is 11.0. The van der Waals surface area contributed by atoms with Crippen LogP contribution in [0.2, 0.25) is 0 Å². The Morgan fingerprint density at radius 1 is 1.16 bits per heavy atom. The normalized spacial score (nSPS) is 23.9. The first-order chi connectivity index (χ1) is 17.9. The van der Waals surface area contributed by atoms with Gasteiger partial charge < -0.3 is 19.7 Å². The molecule has 1 aliphatic carbocycles. The van der Waals surface area contributed by atoms with Crippen LogP contribution < -0.4 is 15.0 Å². The molecule has 3 amide bonds. The van der Waals surface area contributed by atoms with Crippen LogP contribution in [-0.2, 0) is 11.3 Å². The van der Waals surface area contributed by atoms with E-state index in [0.29, 0.717) is 44.0 Å². The zero-order valence-electron chi connectivity index (χ0n) is 21.9. The number of hydrogen-bond acceptors (Lipinski definition) is 5. The smallest absolute Gasteiger partial charge is 0.410 e. The van der Waals surface area contributed by atoms with Crippen LogP contribution in [0.4, 0.5) is 15.3 Å². The Labute approximate surface area is 219 Å². The van der Waals surface area contributed by atoms with E-state index in [9.17, 15) is 9.59 Å². The molecule has 1 aromatic heterocycles. The molecular weight excluding hydrogens is 468 g/mol. The third-order valence-corrected chi connectivity index (χ3v) is 8.59. The van der Waals surface area contributed by atoms with Crippen LogP contribution in [0.5, 0.6) is 5.88 Å². The fourth-order valence-electron chi connectivity index (χ4n) is 6.16. The van der Waals surface area contributed by atoms with Crippen LogP contribution in [0.3, 0.4) is 0 Å². The summed E-state index contributed by atoms with van der Waals surface area (Å²) < 4.78 is 11.6. The molecule has 0 radical (unpaired) electrons. The van der Waals surface area contributed by atoms with Crippen molar-refractivity contribution in [3.8, 4) is 5.88 Å². The van der Waals surface area contributed by atoms with Crippen LogP contribution in [0.25, 0.3) is 0 Å². The summed E-state index contributed by atoms with van der Waals surface area (Å²) >= 11 is 0. The van der Waals surface area contributed by atoms with E-state index in [4.69, 9.17) is 9.47 Å².